The van der Waals surface area contributed by atoms with Crippen LogP contribution in [-0.2, 0) is 14.3 Å². The number of carbonyl (C=O) groups is 2. The van der Waals surface area contributed by atoms with Crippen LogP contribution < -0.4 is 0 Å². The second kappa shape index (κ2) is 12.8. The summed E-state index contributed by atoms with van der Waals surface area (Å²) in [5, 5.41) is 22.2. The first-order chi connectivity index (χ1) is 17.2. The molecule has 1 aromatic heterocycles. The van der Waals surface area contributed by atoms with E-state index in [9.17, 15) is 19.8 Å². The number of Topliss-reactive ketones (excluding diaryl/α,β-unsaturated/α-hetero) is 1. The van der Waals surface area contributed by atoms with Crippen molar-refractivity contribution in [1.82, 2.24) is 4.98 Å². The first-order valence-corrected chi connectivity index (χ1v) is 13.5. The number of ether oxygens (including phenoxy) is 1. The van der Waals surface area contributed by atoms with Crippen molar-refractivity contribution in [3.8, 4) is 0 Å². The van der Waals surface area contributed by atoms with E-state index >= 15 is 0 Å². The van der Waals surface area contributed by atoms with Gasteiger partial charge in [-0.2, -0.15) is 0 Å². The standard InChI is InChI=1S/C30H43NO5/c1-5-24-28(34)21(3)11-8-10-20(2)13-14-25(22(4)18-23-12-6-7-17-31-23)36-27(33)19-26(32)30(29(24)35)15-9-16-30/h6-7,12-13,17-18,21,24-26,28,32,34H,5,8-11,14-16,19H2,1-4H3/b20-13-,22-18+/t21-,24-,25-,26+,28-/m0/s1. The number of rotatable bonds is 3. The molecule has 1 spiro atoms. The topological polar surface area (TPSA) is 96.7 Å². The van der Waals surface area contributed by atoms with Crippen LogP contribution in [0, 0.1) is 17.3 Å². The lowest BCUT2D eigenvalue weighted by molar-refractivity contribution is -0.162. The number of hydrogen-bond acceptors (Lipinski definition) is 6. The molecule has 1 saturated carbocycles. The summed E-state index contributed by atoms with van der Waals surface area (Å²) in [7, 11) is 0. The lowest BCUT2D eigenvalue weighted by Gasteiger charge is -2.46. The SMILES string of the molecule is CC[C@@H]1C(=O)C2(CCC2)[C@H](O)CC(=O)O[C@H](/C(C)=C/c2ccccn2)C/C=C(/C)CCC[C@H](C)[C@@H]1O. The fourth-order valence-electron chi connectivity index (χ4n) is 5.61. The first kappa shape index (κ1) is 28.3. The van der Waals surface area contributed by atoms with E-state index in [1.54, 1.807) is 6.20 Å². The summed E-state index contributed by atoms with van der Waals surface area (Å²) in [4.78, 5) is 31.1. The largest absolute Gasteiger partial charge is 0.457 e. The summed E-state index contributed by atoms with van der Waals surface area (Å²) in [5.74, 6) is -1.16. The Morgan fingerprint density at radius 2 is 1.97 bits per heavy atom. The second-order valence-electron chi connectivity index (χ2n) is 10.9. The third kappa shape index (κ3) is 6.71. The van der Waals surface area contributed by atoms with E-state index < -0.39 is 35.6 Å². The maximum absolute atomic E-state index is 13.7. The number of esters is 1. The summed E-state index contributed by atoms with van der Waals surface area (Å²) in [6, 6.07) is 5.67. The maximum atomic E-state index is 13.7. The Hall–Kier alpha value is -2.31. The lowest BCUT2D eigenvalue weighted by atomic mass is 9.58. The average Bonchev–Trinajstić information content (AvgIpc) is 2.81. The fourth-order valence-corrected chi connectivity index (χ4v) is 5.61. The Labute approximate surface area is 215 Å². The van der Waals surface area contributed by atoms with E-state index in [1.807, 2.05) is 45.0 Å². The highest BCUT2D eigenvalue weighted by Crippen LogP contribution is 2.48. The van der Waals surface area contributed by atoms with Crippen molar-refractivity contribution in [3.05, 3.63) is 47.3 Å². The number of cyclic esters (lactones) is 1. The molecule has 36 heavy (non-hydrogen) atoms. The number of aromatic nitrogens is 1. The molecule has 198 valence electrons. The van der Waals surface area contributed by atoms with Gasteiger partial charge in [0, 0.05) is 18.5 Å². The Balaban J connectivity index is 1.89. The minimum absolute atomic E-state index is 0.0184. The zero-order valence-electron chi connectivity index (χ0n) is 22.3. The quantitative estimate of drug-likeness (QED) is 0.427. The van der Waals surface area contributed by atoms with Gasteiger partial charge >= 0.3 is 5.97 Å². The van der Waals surface area contributed by atoms with Crippen LogP contribution in [0.2, 0.25) is 0 Å². The molecule has 0 amide bonds. The van der Waals surface area contributed by atoms with Crippen LogP contribution in [0.3, 0.4) is 0 Å². The van der Waals surface area contributed by atoms with Gasteiger partial charge in [0.1, 0.15) is 11.9 Å². The Morgan fingerprint density at radius 3 is 2.58 bits per heavy atom. The van der Waals surface area contributed by atoms with Crippen LogP contribution in [0.5, 0.6) is 0 Å². The van der Waals surface area contributed by atoms with Gasteiger partial charge in [0.05, 0.1) is 29.7 Å². The first-order valence-electron chi connectivity index (χ1n) is 13.5. The normalized spacial score (nSPS) is 32.3. The molecule has 1 fully saturated rings. The maximum Gasteiger partial charge on any atom is 0.309 e. The summed E-state index contributed by atoms with van der Waals surface area (Å²) < 4.78 is 5.89. The van der Waals surface area contributed by atoms with Crippen LogP contribution >= 0.6 is 0 Å². The third-order valence-electron chi connectivity index (χ3n) is 8.26. The fraction of sp³-hybridized carbons (Fsp3) is 0.633. The molecular weight excluding hydrogens is 454 g/mol. The van der Waals surface area contributed by atoms with Gasteiger partial charge in [-0.3, -0.25) is 14.6 Å². The van der Waals surface area contributed by atoms with E-state index in [4.69, 9.17) is 4.74 Å². The van der Waals surface area contributed by atoms with Crippen molar-refractivity contribution in [2.45, 2.75) is 104 Å². The third-order valence-corrected chi connectivity index (χ3v) is 8.26. The van der Waals surface area contributed by atoms with Crippen LogP contribution in [0.4, 0.5) is 0 Å². The van der Waals surface area contributed by atoms with Crippen molar-refractivity contribution < 1.29 is 24.5 Å². The van der Waals surface area contributed by atoms with Crippen LogP contribution in [0.15, 0.2) is 41.6 Å². The van der Waals surface area contributed by atoms with Gasteiger partial charge in [-0.05, 0) is 82.1 Å². The van der Waals surface area contributed by atoms with Crippen molar-refractivity contribution in [3.63, 3.8) is 0 Å². The van der Waals surface area contributed by atoms with E-state index in [0.717, 1.165) is 37.0 Å². The predicted molar refractivity (Wildman–Crippen MR) is 141 cm³/mol. The second-order valence-corrected chi connectivity index (χ2v) is 10.9. The van der Waals surface area contributed by atoms with Crippen LogP contribution in [0.1, 0.15) is 91.2 Å². The van der Waals surface area contributed by atoms with E-state index in [2.05, 4.69) is 18.0 Å². The van der Waals surface area contributed by atoms with Gasteiger partial charge in [0.2, 0.25) is 0 Å². The molecule has 0 radical (unpaired) electrons. The number of ketones is 1. The molecule has 6 heteroatoms. The van der Waals surface area contributed by atoms with Gasteiger partial charge in [-0.15, -0.1) is 0 Å². The number of allylic oxidation sites excluding steroid dienone is 1. The molecular formula is C30H43NO5. The number of nitrogens with zero attached hydrogens (tertiary/aromatic N) is 1. The van der Waals surface area contributed by atoms with E-state index in [-0.39, 0.29) is 18.1 Å². The van der Waals surface area contributed by atoms with Gasteiger partial charge < -0.3 is 14.9 Å². The van der Waals surface area contributed by atoms with Gasteiger partial charge in [-0.1, -0.05) is 38.0 Å². The summed E-state index contributed by atoms with van der Waals surface area (Å²) in [5.41, 5.74) is 1.89. The molecule has 0 saturated heterocycles. The lowest BCUT2D eigenvalue weighted by Crippen LogP contribution is -2.53. The zero-order chi connectivity index (χ0) is 26.3. The van der Waals surface area contributed by atoms with Gasteiger partial charge in [0.15, 0.2) is 0 Å². The molecule has 3 rings (SSSR count). The minimum Gasteiger partial charge on any atom is -0.457 e. The zero-order valence-corrected chi connectivity index (χ0v) is 22.3. The molecule has 6 nitrogen and oxygen atoms in total. The molecule has 0 unspecified atom stereocenters. The molecule has 0 bridgehead atoms. The number of carbonyl (C=O) groups excluding carboxylic acids is 2. The summed E-state index contributed by atoms with van der Waals surface area (Å²) in [6.45, 7) is 7.92. The number of aliphatic hydroxyl groups is 2. The number of aliphatic hydroxyl groups excluding tert-OH is 2. The molecule has 1 aliphatic heterocycles. The average molecular weight is 498 g/mol. The smallest absolute Gasteiger partial charge is 0.309 e. The molecule has 2 heterocycles. The Kier molecular flexibility index (Phi) is 10.0. The summed E-state index contributed by atoms with van der Waals surface area (Å²) >= 11 is 0. The van der Waals surface area contributed by atoms with Crippen LogP contribution in [-0.4, -0.2) is 45.3 Å². The molecule has 2 N–H and O–H groups in total. The number of hydrogen-bond donors (Lipinski definition) is 2. The van der Waals surface area contributed by atoms with Crippen molar-refractivity contribution in [2.24, 2.45) is 17.3 Å². The predicted octanol–water partition coefficient (Wildman–Crippen LogP) is 5.43. The van der Waals surface area contributed by atoms with Crippen molar-refractivity contribution >= 4 is 17.8 Å². The molecule has 1 aromatic rings. The Bertz CT molecular complexity index is 949. The van der Waals surface area contributed by atoms with Gasteiger partial charge in [0.25, 0.3) is 0 Å². The van der Waals surface area contributed by atoms with E-state index in [1.165, 1.54) is 5.57 Å². The molecule has 2 aliphatic rings. The van der Waals surface area contributed by atoms with Crippen LogP contribution in [0.25, 0.3) is 6.08 Å². The number of pyridine rings is 1. The molecule has 0 aromatic carbocycles. The minimum atomic E-state index is -1.12. The monoisotopic (exact) mass is 497 g/mol. The summed E-state index contributed by atoms with van der Waals surface area (Å²) in [6.07, 6.45) is 8.76. The Morgan fingerprint density at radius 1 is 1.22 bits per heavy atom. The van der Waals surface area contributed by atoms with Gasteiger partial charge in [-0.25, -0.2) is 0 Å². The highest BCUT2D eigenvalue weighted by molar-refractivity contribution is 5.89. The highest BCUT2D eigenvalue weighted by Gasteiger charge is 2.53. The highest BCUT2D eigenvalue weighted by atomic mass is 16.5. The molecule has 1 aliphatic carbocycles. The van der Waals surface area contributed by atoms with E-state index in [0.29, 0.717) is 25.7 Å². The van der Waals surface area contributed by atoms with Crippen molar-refractivity contribution in [1.29, 1.82) is 0 Å². The molecule has 5 atom stereocenters. The van der Waals surface area contributed by atoms with Crippen molar-refractivity contribution in [2.75, 3.05) is 0 Å².